The van der Waals surface area contributed by atoms with Gasteiger partial charge in [0.2, 0.25) is 5.91 Å². The fourth-order valence-corrected chi connectivity index (χ4v) is 1.94. The number of halogens is 1. The maximum Gasteiger partial charge on any atom is 0.226 e. The lowest BCUT2D eigenvalue weighted by molar-refractivity contribution is -0.117. The molecule has 1 aliphatic heterocycles. The maximum atomic E-state index is 11.3. The van der Waals surface area contributed by atoms with E-state index in [1.807, 2.05) is 19.2 Å². The van der Waals surface area contributed by atoms with Crippen molar-refractivity contribution >= 4 is 23.2 Å². The van der Waals surface area contributed by atoms with Crippen molar-refractivity contribution in [2.24, 2.45) is 0 Å². The van der Waals surface area contributed by atoms with E-state index in [9.17, 15) is 4.79 Å². The summed E-state index contributed by atoms with van der Waals surface area (Å²) in [4.78, 5) is 11.3. The van der Waals surface area contributed by atoms with E-state index in [1.54, 1.807) is 6.07 Å². The van der Waals surface area contributed by atoms with Gasteiger partial charge in [0.25, 0.3) is 0 Å². The van der Waals surface area contributed by atoms with Crippen molar-refractivity contribution in [2.75, 3.05) is 12.4 Å². The van der Waals surface area contributed by atoms with Crippen LogP contribution in [0.15, 0.2) is 18.2 Å². The summed E-state index contributed by atoms with van der Waals surface area (Å²) in [5.74, 6) is 0.00458. The van der Waals surface area contributed by atoms with E-state index in [2.05, 4.69) is 10.6 Å². The topological polar surface area (TPSA) is 41.1 Å². The third-order valence-electron chi connectivity index (χ3n) is 2.42. The SMILES string of the molecule is CNC1CC(=O)Nc2c(Cl)cccc21. The molecule has 0 saturated carbocycles. The second-order valence-electron chi connectivity index (χ2n) is 3.30. The lowest BCUT2D eigenvalue weighted by Crippen LogP contribution is -2.29. The van der Waals surface area contributed by atoms with Gasteiger partial charge in [0.15, 0.2) is 0 Å². The number of rotatable bonds is 1. The molecule has 0 radical (unpaired) electrons. The minimum absolute atomic E-state index is 0.00458. The Morgan fingerprint density at radius 1 is 1.57 bits per heavy atom. The predicted octanol–water partition coefficient (Wildman–Crippen LogP) is 1.94. The molecular formula is C10H11ClN2O. The molecule has 0 saturated heterocycles. The molecule has 0 spiro atoms. The van der Waals surface area contributed by atoms with Crippen molar-refractivity contribution in [1.29, 1.82) is 0 Å². The first-order chi connectivity index (χ1) is 6.72. The zero-order chi connectivity index (χ0) is 10.1. The van der Waals surface area contributed by atoms with Gasteiger partial charge in [0.1, 0.15) is 0 Å². The Labute approximate surface area is 87.4 Å². The summed E-state index contributed by atoms with van der Waals surface area (Å²) in [6, 6.07) is 5.71. The lowest BCUT2D eigenvalue weighted by Gasteiger charge is -2.25. The van der Waals surface area contributed by atoms with Crippen LogP contribution >= 0.6 is 11.6 Å². The number of carbonyl (C=O) groups is 1. The molecule has 0 fully saturated rings. The highest BCUT2D eigenvalue weighted by Gasteiger charge is 2.24. The molecule has 1 heterocycles. The van der Waals surface area contributed by atoms with Gasteiger partial charge in [-0.2, -0.15) is 0 Å². The zero-order valence-electron chi connectivity index (χ0n) is 7.80. The Bertz CT molecular complexity index is 378. The monoisotopic (exact) mass is 210 g/mol. The standard InChI is InChI=1S/C10H11ClN2O/c1-12-8-5-9(14)13-10-6(8)3-2-4-7(10)11/h2-4,8,12H,5H2,1H3,(H,13,14). The molecule has 0 aliphatic carbocycles. The number of carbonyl (C=O) groups excluding carboxylic acids is 1. The maximum absolute atomic E-state index is 11.3. The van der Waals surface area contributed by atoms with Crippen molar-refractivity contribution in [2.45, 2.75) is 12.5 Å². The molecule has 1 amide bonds. The Hall–Kier alpha value is -1.06. The number of amides is 1. The van der Waals surface area contributed by atoms with Gasteiger partial charge < -0.3 is 10.6 Å². The summed E-state index contributed by atoms with van der Waals surface area (Å²) in [6.45, 7) is 0. The molecule has 3 nitrogen and oxygen atoms in total. The largest absolute Gasteiger partial charge is 0.324 e. The van der Waals surface area contributed by atoms with Crippen molar-refractivity contribution in [1.82, 2.24) is 5.32 Å². The number of hydrogen-bond acceptors (Lipinski definition) is 2. The van der Waals surface area contributed by atoms with Gasteiger partial charge in [0.05, 0.1) is 10.7 Å². The average Bonchev–Trinajstić information content (AvgIpc) is 2.18. The normalized spacial score (nSPS) is 20.1. The third kappa shape index (κ3) is 1.49. The van der Waals surface area contributed by atoms with E-state index in [1.165, 1.54) is 0 Å². The summed E-state index contributed by atoms with van der Waals surface area (Å²) >= 11 is 5.99. The molecular weight excluding hydrogens is 200 g/mol. The van der Waals surface area contributed by atoms with Crippen LogP contribution in [0, 0.1) is 0 Å². The first-order valence-electron chi connectivity index (χ1n) is 4.48. The molecule has 1 aliphatic rings. The quantitative estimate of drug-likeness (QED) is 0.744. The number of para-hydroxylation sites is 1. The molecule has 1 atom stereocenters. The molecule has 2 rings (SSSR count). The fourth-order valence-electron chi connectivity index (χ4n) is 1.71. The summed E-state index contributed by atoms with van der Waals surface area (Å²) in [6.07, 6.45) is 0.462. The second kappa shape index (κ2) is 3.59. The van der Waals surface area contributed by atoms with E-state index < -0.39 is 0 Å². The molecule has 1 aromatic carbocycles. The van der Waals surface area contributed by atoms with E-state index >= 15 is 0 Å². The van der Waals surface area contributed by atoms with Crippen LogP contribution in [0.25, 0.3) is 0 Å². The van der Waals surface area contributed by atoms with Gasteiger partial charge in [-0.3, -0.25) is 4.79 Å². The van der Waals surface area contributed by atoms with Gasteiger partial charge in [-0.25, -0.2) is 0 Å². The van der Waals surface area contributed by atoms with Gasteiger partial charge in [-0.15, -0.1) is 0 Å². The van der Waals surface area contributed by atoms with Crippen molar-refractivity contribution in [3.63, 3.8) is 0 Å². The van der Waals surface area contributed by atoms with Crippen molar-refractivity contribution in [3.05, 3.63) is 28.8 Å². The van der Waals surface area contributed by atoms with Crippen LogP contribution in [0.3, 0.4) is 0 Å². The first kappa shape index (κ1) is 9.49. The highest BCUT2D eigenvalue weighted by Crippen LogP contribution is 2.35. The summed E-state index contributed by atoms with van der Waals surface area (Å²) < 4.78 is 0. The molecule has 1 unspecified atom stereocenters. The van der Waals surface area contributed by atoms with E-state index in [-0.39, 0.29) is 11.9 Å². The van der Waals surface area contributed by atoms with Crippen molar-refractivity contribution < 1.29 is 4.79 Å². The minimum Gasteiger partial charge on any atom is -0.324 e. The Balaban J connectivity index is 2.50. The predicted molar refractivity (Wildman–Crippen MR) is 56.5 cm³/mol. The zero-order valence-corrected chi connectivity index (χ0v) is 8.56. The van der Waals surface area contributed by atoms with Gasteiger partial charge >= 0.3 is 0 Å². The first-order valence-corrected chi connectivity index (χ1v) is 4.85. The lowest BCUT2D eigenvalue weighted by atomic mass is 9.98. The fraction of sp³-hybridized carbons (Fsp3) is 0.300. The number of fused-ring (bicyclic) bond motifs is 1. The summed E-state index contributed by atoms with van der Waals surface area (Å²) in [5, 5.41) is 6.47. The van der Waals surface area contributed by atoms with E-state index in [0.717, 1.165) is 11.3 Å². The summed E-state index contributed by atoms with van der Waals surface area (Å²) in [5.41, 5.74) is 1.80. The van der Waals surface area contributed by atoms with Crippen LogP contribution in [0.5, 0.6) is 0 Å². The van der Waals surface area contributed by atoms with Crippen LogP contribution in [0.4, 0.5) is 5.69 Å². The Kier molecular flexibility index (Phi) is 2.44. The van der Waals surface area contributed by atoms with E-state index in [4.69, 9.17) is 11.6 Å². The smallest absolute Gasteiger partial charge is 0.226 e. The Morgan fingerprint density at radius 2 is 2.36 bits per heavy atom. The minimum atomic E-state index is 0.00458. The van der Waals surface area contributed by atoms with Crippen LogP contribution < -0.4 is 10.6 Å². The van der Waals surface area contributed by atoms with Crippen LogP contribution in [-0.4, -0.2) is 13.0 Å². The van der Waals surface area contributed by atoms with E-state index in [0.29, 0.717) is 11.4 Å². The number of hydrogen-bond donors (Lipinski definition) is 2. The molecule has 4 heteroatoms. The molecule has 74 valence electrons. The molecule has 1 aromatic rings. The van der Waals surface area contributed by atoms with Crippen LogP contribution in [0.2, 0.25) is 5.02 Å². The highest BCUT2D eigenvalue weighted by atomic mass is 35.5. The Morgan fingerprint density at radius 3 is 3.07 bits per heavy atom. The molecule has 2 N–H and O–H groups in total. The van der Waals surface area contributed by atoms with Gasteiger partial charge in [-0.1, -0.05) is 23.7 Å². The number of nitrogens with one attached hydrogen (secondary N) is 2. The molecule has 14 heavy (non-hydrogen) atoms. The molecule has 0 aromatic heterocycles. The number of anilines is 1. The second-order valence-corrected chi connectivity index (χ2v) is 3.70. The third-order valence-corrected chi connectivity index (χ3v) is 2.74. The molecule has 0 bridgehead atoms. The number of benzene rings is 1. The van der Waals surface area contributed by atoms with Crippen LogP contribution in [-0.2, 0) is 4.79 Å². The van der Waals surface area contributed by atoms with Gasteiger partial charge in [-0.05, 0) is 18.7 Å². The van der Waals surface area contributed by atoms with Crippen molar-refractivity contribution in [3.8, 4) is 0 Å². The average molecular weight is 211 g/mol. The summed E-state index contributed by atoms with van der Waals surface area (Å²) in [7, 11) is 1.84. The highest BCUT2D eigenvalue weighted by molar-refractivity contribution is 6.34. The van der Waals surface area contributed by atoms with Crippen LogP contribution in [0.1, 0.15) is 18.0 Å². The van der Waals surface area contributed by atoms with Gasteiger partial charge in [0, 0.05) is 12.5 Å².